The largest absolute Gasteiger partial charge is 0.466 e. The Bertz CT molecular complexity index is 309. The van der Waals surface area contributed by atoms with Crippen molar-refractivity contribution in [2.24, 2.45) is 0 Å². The lowest BCUT2D eigenvalue weighted by Gasteiger charge is -2.01. The average molecular weight is 346 g/mol. The van der Waals surface area contributed by atoms with Gasteiger partial charge in [-0.25, -0.2) is 0 Å². The fourth-order valence-electron chi connectivity index (χ4n) is 1.78. The number of hydrogen-bond donors (Lipinski definition) is 0. The maximum absolute atomic E-state index is 10.9. The summed E-state index contributed by atoms with van der Waals surface area (Å²) in [7, 11) is 0. The van der Waals surface area contributed by atoms with Crippen LogP contribution in [0.5, 0.6) is 0 Å². The molecule has 0 aromatic heterocycles. The number of rotatable bonds is 12. The Morgan fingerprint density at radius 2 is 0.917 bits per heavy atom. The van der Waals surface area contributed by atoms with Gasteiger partial charge >= 0.3 is 17.9 Å². The molecule has 0 atom stereocenters. The van der Waals surface area contributed by atoms with Crippen molar-refractivity contribution in [1.82, 2.24) is 0 Å². The second kappa shape index (κ2) is 19.5. The van der Waals surface area contributed by atoms with Crippen molar-refractivity contribution >= 4 is 17.9 Å². The van der Waals surface area contributed by atoms with Crippen LogP contribution in [0, 0.1) is 0 Å². The first-order valence-electron chi connectivity index (χ1n) is 8.98. The van der Waals surface area contributed by atoms with Crippen molar-refractivity contribution in [3.05, 3.63) is 0 Å². The van der Waals surface area contributed by atoms with Crippen LogP contribution in [-0.2, 0) is 28.6 Å². The van der Waals surface area contributed by atoms with Crippen LogP contribution in [0.1, 0.15) is 79.1 Å². The Morgan fingerprint density at radius 3 is 1.29 bits per heavy atom. The van der Waals surface area contributed by atoms with Gasteiger partial charge in [0.1, 0.15) is 0 Å². The van der Waals surface area contributed by atoms with Crippen LogP contribution in [0.2, 0.25) is 0 Å². The van der Waals surface area contributed by atoms with Gasteiger partial charge in [0.25, 0.3) is 0 Å². The fourth-order valence-corrected chi connectivity index (χ4v) is 1.78. The number of carbonyl (C=O) groups is 3. The third kappa shape index (κ3) is 20.4. The summed E-state index contributed by atoms with van der Waals surface area (Å²) in [4.78, 5) is 32.3. The van der Waals surface area contributed by atoms with Crippen molar-refractivity contribution < 1.29 is 28.6 Å². The van der Waals surface area contributed by atoms with E-state index in [-0.39, 0.29) is 30.7 Å². The molecule has 0 aromatic carbocycles. The fraction of sp³-hybridized carbons (Fsp3) is 0.833. The molecule has 0 aliphatic heterocycles. The molecule has 6 nitrogen and oxygen atoms in total. The van der Waals surface area contributed by atoms with E-state index in [0.717, 1.165) is 12.8 Å². The van der Waals surface area contributed by atoms with Crippen LogP contribution >= 0.6 is 0 Å². The highest BCUT2D eigenvalue weighted by Crippen LogP contribution is 2.05. The first-order chi connectivity index (χ1) is 11.5. The number of unbranched alkanes of at least 4 members (excludes halogenated alkanes) is 4. The van der Waals surface area contributed by atoms with Gasteiger partial charge in [0, 0.05) is 6.42 Å². The molecule has 0 fully saturated rings. The predicted octanol–water partition coefficient (Wildman–Crippen LogP) is 3.80. The summed E-state index contributed by atoms with van der Waals surface area (Å²) in [5, 5.41) is 0. The topological polar surface area (TPSA) is 78.9 Å². The summed E-state index contributed by atoms with van der Waals surface area (Å²) < 4.78 is 14.1. The number of esters is 3. The van der Waals surface area contributed by atoms with E-state index in [1.165, 1.54) is 19.3 Å². The molecule has 0 aliphatic rings. The molecule has 6 heteroatoms. The summed E-state index contributed by atoms with van der Waals surface area (Å²) in [5.41, 5.74) is 0. The van der Waals surface area contributed by atoms with Gasteiger partial charge in [-0.2, -0.15) is 0 Å². The first-order valence-corrected chi connectivity index (χ1v) is 8.98. The van der Waals surface area contributed by atoms with Crippen molar-refractivity contribution in [2.45, 2.75) is 79.1 Å². The van der Waals surface area contributed by atoms with E-state index in [1.54, 1.807) is 13.8 Å². The molecule has 0 rings (SSSR count). The van der Waals surface area contributed by atoms with Gasteiger partial charge in [0.15, 0.2) is 0 Å². The van der Waals surface area contributed by atoms with Crippen LogP contribution in [0.3, 0.4) is 0 Å². The van der Waals surface area contributed by atoms with E-state index < -0.39 is 0 Å². The third-order valence-corrected chi connectivity index (χ3v) is 2.93. The molecule has 0 unspecified atom stereocenters. The van der Waals surface area contributed by atoms with Gasteiger partial charge in [0.05, 0.1) is 32.7 Å². The average Bonchev–Trinajstić information content (AvgIpc) is 2.54. The van der Waals surface area contributed by atoms with Crippen molar-refractivity contribution in [3.63, 3.8) is 0 Å². The molecule has 0 radical (unpaired) electrons. The number of ether oxygens (including phenoxy) is 3. The zero-order valence-corrected chi connectivity index (χ0v) is 15.7. The zero-order valence-electron chi connectivity index (χ0n) is 15.7. The zero-order chi connectivity index (χ0) is 18.6. The highest BCUT2D eigenvalue weighted by Gasteiger charge is 2.07. The molecule has 0 amide bonds. The van der Waals surface area contributed by atoms with Crippen LogP contribution in [0.15, 0.2) is 0 Å². The lowest BCUT2D eigenvalue weighted by molar-refractivity contribution is -0.149. The van der Waals surface area contributed by atoms with E-state index in [0.29, 0.717) is 26.2 Å². The minimum Gasteiger partial charge on any atom is -0.466 e. The molecule has 0 aliphatic carbocycles. The SMILES string of the molecule is CCCCCCCC(=O)OCC.CCOC(=O)CCC(=O)OCC. The maximum atomic E-state index is 10.9. The smallest absolute Gasteiger partial charge is 0.306 e. The quantitative estimate of drug-likeness (QED) is 0.304. The molecule has 142 valence electrons. The molecule has 0 saturated heterocycles. The van der Waals surface area contributed by atoms with Gasteiger partial charge in [-0.05, 0) is 27.2 Å². The maximum Gasteiger partial charge on any atom is 0.306 e. The highest BCUT2D eigenvalue weighted by atomic mass is 16.5. The summed E-state index contributed by atoms with van der Waals surface area (Å²) in [6.45, 7) is 8.68. The van der Waals surface area contributed by atoms with E-state index >= 15 is 0 Å². The lowest BCUT2D eigenvalue weighted by Crippen LogP contribution is -2.09. The lowest BCUT2D eigenvalue weighted by atomic mass is 10.1. The van der Waals surface area contributed by atoms with Crippen molar-refractivity contribution in [3.8, 4) is 0 Å². The Labute approximate surface area is 146 Å². The van der Waals surface area contributed by atoms with Crippen molar-refractivity contribution in [2.75, 3.05) is 19.8 Å². The van der Waals surface area contributed by atoms with Crippen LogP contribution in [-0.4, -0.2) is 37.7 Å². The van der Waals surface area contributed by atoms with E-state index in [4.69, 9.17) is 4.74 Å². The van der Waals surface area contributed by atoms with Gasteiger partial charge in [-0.3, -0.25) is 14.4 Å². The van der Waals surface area contributed by atoms with E-state index in [2.05, 4.69) is 16.4 Å². The molecule has 0 heterocycles. The molecule has 0 saturated carbocycles. The Hall–Kier alpha value is -1.59. The normalized spacial score (nSPS) is 9.50. The van der Waals surface area contributed by atoms with Crippen LogP contribution in [0.25, 0.3) is 0 Å². The highest BCUT2D eigenvalue weighted by molar-refractivity contribution is 5.77. The minimum atomic E-state index is -0.356. The molecule has 0 N–H and O–H groups in total. The van der Waals surface area contributed by atoms with Crippen LogP contribution in [0.4, 0.5) is 0 Å². The molecule has 0 aromatic rings. The summed E-state index contributed by atoms with van der Waals surface area (Å²) in [6.07, 6.45) is 6.72. The number of carbonyl (C=O) groups excluding carboxylic acids is 3. The monoisotopic (exact) mass is 346 g/mol. The summed E-state index contributed by atoms with van der Waals surface area (Å²) in [5.74, 6) is -0.759. The standard InChI is InChI=1S/C10H20O2.C8H14O4/c1-3-5-6-7-8-9-10(11)12-4-2;1-3-11-7(9)5-6-8(10)12-4-2/h3-9H2,1-2H3;3-6H2,1-2H3. The third-order valence-electron chi connectivity index (χ3n) is 2.93. The van der Waals surface area contributed by atoms with Crippen LogP contribution < -0.4 is 0 Å². The van der Waals surface area contributed by atoms with Gasteiger partial charge in [0.2, 0.25) is 0 Å². The second-order valence-electron chi connectivity index (χ2n) is 5.08. The van der Waals surface area contributed by atoms with Crippen molar-refractivity contribution in [1.29, 1.82) is 0 Å². The molecule has 24 heavy (non-hydrogen) atoms. The predicted molar refractivity (Wildman–Crippen MR) is 92.5 cm³/mol. The molecule has 0 bridgehead atoms. The van der Waals surface area contributed by atoms with E-state index in [1.807, 2.05) is 6.92 Å². The van der Waals surface area contributed by atoms with E-state index in [9.17, 15) is 14.4 Å². The Balaban J connectivity index is 0. The Kier molecular flexibility index (Phi) is 20.0. The van der Waals surface area contributed by atoms with Gasteiger partial charge < -0.3 is 14.2 Å². The van der Waals surface area contributed by atoms with Gasteiger partial charge in [-0.15, -0.1) is 0 Å². The summed E-state index contributed by atoms with van der Waals surface area (Å²) >= 11 is 0. The second-order valence-corrected chi connectivity index (χ2v) is 5.08. The molecule has 0 spiro atoms. The molecular formula is C18H34O6. The first kappa shape index (κ1) is 24.7. The molecular weight excluding hydrogens is 312 g/mol. The number of hydrogen-bond acceptors (Lipinski definition) is 6. The summed E-state index contributed by atoms with van der Waals surface area (Å²) in [6, 6.07) is 0. The minimum absolute atomic E-state index is 0.0472. The Morgan fingerprint density at radius 1 is 0.542 bits per heavy atom. The van der Waals surface area contributed by atoms with Gasteiger partial charge in [-0.1, -0.05) is 32.6 Å².